The van der Waals surface area contributed by atoms with Crippen LogP contribution in [0.25, 0.3) is 0 Å². The van der Waals surface area contributed by atoms with E-state index in [1.165, 1.54) is 16.8 Å². The molecule has 31 heavy (non-hydrogen) atoms. The number of hydrogen-bond donors (Lipinski definition) is 1. The van der Waals surface area contributed by atoms with E-state index < -0.39 is 11.2 Å². The fourth-order valence-corrected chi connectivity index (χ4v) is 3.82. The number of unbranched alkanes of at least 4 members (excludes halogenated alkanes) is 1. The molecule has 0 spiro atoms. The zero-order chi connectivity index (χ0) is 22.1. The highest BCUT2D eigenvalue weighted by Gasteiger charge is 2.14. The molecule has 0 unspecified atom stereocenters. The van der Waals surface area contributed by atoms with Crippen LogP contribution >= 0.6 is 0 Å². The van der Waals surface area contributed by atoms with Crippen molar-refractivity contribution >= 4 is 5.91 Å². The Morgan fingerprint density at radius 2 is 1.68 bits per heavy atom. The largest absolute Gasteiger partial charge is 0.355 e. The first-order valence-electron chi connectivity index (χ1n) is 11.1. The molecule has 2 aromatic rings. The minimum atomic E-state index is -0.474. The summed E-state index contributed by atoms with van der Waals surface area (Å²) in [5, 5.41) is 2.84. The van der Waals surface area contributed by atoms with Crippen molar-refractivity contribution in [2.24, 2.45) is 0 Å². The van der Waals surface area contributed by atoms with Crippen LogP contribution in [0.15, 0.2) is 52.2 Å². The Balaban J connectivity index is 1.43. The van der Waals surface area contributed by atoms with Crippen molar-refractivity contribution in [3.8, 4) is 0 Å². The molecule has 1 N–H and O–H groups in total. The van der Waals surface area contributed by atoms with Gasteiger partial charge in [0, 0.05) is 45.0 Å². The molecule has 0 bridgehead atoms. The minimum Gasteiger partial charge on any atom is -0.355 e. The third-order valence-corrected chi connectivity index (χ3v) is 5.77. The number of likely N-dealkylation sites (N-methyl/N-ethyl adjacent to an activating group) is 1. The SMILES string of the molecule is CCN1CCN(CCCCNC(=O)Cn2c(=O)ccn(Cc3ccccc3)c2=O)CC1. The van der Waals surface area contributed by atoms with Crippen LogP contribution in [-0.2, 0) is 17.9 Å². The highest BCUT2D eigenvalue weighted by atomic mass is 16.2. The van der Waals surface area contributed by atoms with Gasteiger partial charge in [0.15, 0.2) is 0 Å². The number of nitrogens with zero attached hydrogens (tertiary/aromatic N) is 4. The third-order valence-electron chi connectivity index (χ3n) is 5.77. The molecule has 0 radical (unpaired) electrons. The van der Waals surface area contributed by atoms with E-state index in [4.69, 9.17) is 0 Å². The molecule has 1 aliphatic rings. The van der Waals surface area contributed by atoms with Crippen LogP contribution in [0.5, 0.6) is 0 Å². The molecule has 1 aromatic heterocycles. The lowest BCUT2D eigenvalue weighted by Gasteiger charge is -2.33. The van der Waals surface area contributed by atoms with Gasteiger partial charge in [0.05, 0.1) is 6.54 Å². The van der Waals surface area contributed by atoms with Crippen molar-refractivity contribution in [1.82, 2.24) is 24.3 Å². The number of amides is 1. The first-order valence-corrected chi connectivity index (χ1v) is 11.1. The Kier molecular flexibility index (Phi) is 8.61. The average molecular weight is 428 g/mol. The molecule has 3 rings (SSSR count). The van der Waals surface area contributed by atoms with Gasteiger partial charge in [-0.05, 0) is 31.5 Å². The fourth-order valence-electron chi connectivity index (χ4n) is 3.82. The van der Waals surface area contributed by atoms with Gasteiger partial charge in [0.25, 0.3) is 5.56 Å². The maximum atomic E-state index is 12.7. The van der Waals surface area contributed by atoms with Crippen LogP contribution < -0.4 is 16.6 Å². The van der Waals surface area contributed by atoms with Crippen LogP contribution in [0.1, 0.15) is 25.3 Å². The lowest BCUT2D eigenvalue weighted by Crippen LogP contribution is -2.46. The standard InChI is InChI=1S/C23H33N5O3/c1-2-25-14-16-26(17-15-25)12-7-6-11-24-21(29)19-28-22(30)10-13-27(23(28)31)18-20-8-4-3-5-9-20/h3-5,8-10,13H,2,6-7,11-12,14-19H2,1H3,(H,24,29). The van der Waals surface area contributed by atoms with Gasteiger partial charge in [-0.1, -0.05) is 37.3 Å². The van der Waals surface area contributed by atoms with Gasteiger partial charge in [-0.25, -0.2) is 4.79 Å². The molecule has 1 fully saturated rings. The molecule has 1 amide bonds. The molecule has 0 atom stereocenters. The van der Waals surface area contributed by atoms with Gasteiger partial charge in [-0.3, -0.25) is 18.7 Å². The second kappa shape index (κ2) is 11.6. The van der Waals surface area contributed by atoms with E-state index >= 15 is 0 Å². The predicted molar refractivity (Wildman–Crippen MR) is 121 cm³/mol. The quantitative estimate of drug-likeness (QED) is 0.562. The number of piperazine rings is 1. The predicted octanol–water partition coefficient (Wildman–Crippen LogP) is 0.592. The van der Waals surface area contributed by atoms with E-state index in [0.29, 0.717) is 13.1 Å². The molecule has 0 aliphatic carbocycles. The van der Waals surface area contributed by atoms with E-state index in [1.807, 2.05) is 30.3 Å². The van der Waals surface area contributed by atoms with Crippen molar-refractivity contribution < 1.29 is 4.79 Å². The fraction of sp³-hybridized carbons (Fsp3) is 0.522. The van der Waals surface area contributed by atoms with Gasteiger partial charge in [0.2, 0.25) is 5.91 Å². The summed E-state index contributed by atoms with van der Waals surface area (Å²) in [6.07, 6.45) is 3.37. The lowest BCUT2D eigenvalue weighted by atomic mass is 10.2. The van der Waals surface area contributed by atoms with Gasteiger partial charge < -0.3 is 15.1 Å². The Bertz CT molecular complexity index is 946. The number of benzene rings is 1. The summed E-state index contributed by atoms with van der Waals surface area (Å²) in [5.41, 5.74) is 0.0174. The van der Waals surface area contributed by atoms with E-state index in [0.717, 1.165) is 62.2 Å². The van der Waals surface area contributed by atoms with Crippen molar-refractivity contribution in [3.63, 3.8) is 0 Å². The monoisotopic (exact) mass is 427 g/mol. The number of rotatable bonds is 10. The van der Waals surface area contributed by atoms with Gasteiger partial charge in [-0.2, -0.15) is 0 Å². The molecule has 0 saturated carbocycles. The van der Waals surface area contributed by atoms with Crippen LogP contribution in [0.3, 0.4) is 0 Å². The topological polar surface area (TPSA) is 79.6 Å². The molecule has 8 nitrogen and oxygen atoms in total. The summed E-state index contributed by atoms with van der Waals surface area (Å²) in [5.74, 6) is -0.312. The Labute approximate surface area is 183 Å². The van der Waals surface area contributed by atoms with E-state index in [1.54, 1.807) is 0 Å². The van der Waals surface area contributed by atoms with Crippen molar-refractivity contribution in [2.75, 3.05) is 45.8 Å². The first-order chi connectivity index (χ1) is 15.1. The van der Waals surface area contributed by atoms with Gasteiger partial charge in [-0.15, -0.1) is 0 Å². The molecule has 1 aliphatic heterocycles. The zero-order valence-corrected chi connectivity index (χ0v) is 18.3. The Morgan fingerprint density at radius 3 is 2.39 bits per heavy atom. The summed E-state index contributed by atoms with van der Waals surface area (Å²) in [7, 11) is 0. The Morgan fingerprint density at radius 1 is 0.968 bits per heavy atom. The van der Waals surface area contributed by atoms with Crippen LogP contribution in [-0.4, -0.2) is 70.7 Å². The summed E-state index contributed by atoms with van der Waals surface area (Å²) >= 11 is 0. The summed E-state index contributed by atoms with van der Waals surface area (Å²) in [4.78, 5) is 42.0. The average Bonchev–Trinajstić information content (AvgIpc) is 2.79. The number of aromatic nitrogens is 2. The van der Waals surface area contributed by atoms with E-state index in [9.17, 15) is 14.4 Å². The van der Waals surface area contributed by atoms with E-state index in [2.05, 4.69) is 22.0 Å². The maximum Gasteiger partial charge on any atom is 0.331 e. The smallest absolute Gasteiger partial charge is 0.331 e. The molecule has 1 saturated heterocycles. The highest BCUT2D eigenvalue weighted by molar-refractivity contribution is 5.75. The Hall–Kier alpha value is -2.71. The molecule has 8 heteroatoms. The maximum absolute atomic E-state index is 12.7. The first kappa shape index (κ1) is 23.0. The number of carbonyl (C=O) groups is 1. The third kappa shape index (κ3) is 6.90. The van der Waals surface area contributed by atoms with Gasteiger partial charge in [0.1, 0.15) is 6.54 Å². The summed E-state index contributed by atoms with van der Waals surface area (Å²) in [6, 6.07) is 10.9. The summed E-state index contributed by atoms with van der Waals surface area (Å²) in [6.45, 7) is 9.45. The molecule has 168 valence electrons. The number of carbonyl (C=O) groups excluding carboxylic acids is 1. The zero-order valence-electron chi connectivity index (χ0n) is 18.3. The molecular formula is C23H33N5O3. The second-order valence-electron chi connectivity index (χ2n) is 7.97. The normalized spacial score (nSPS) is 15.1. The highest BCUT2D eigenvalue weighted by Crippen LogP contribution is 2.03. The van der Waals surface area contributed by atoms with Crippen LogP contribution in [0, 0.1) is 0 Å². The van der Waals surface area contributed by atoms with Crippen LogP contribution in [0.2, 0.25) is 0 Å². The van der Waals surface area contributed by atoms with E-state index in [-0.39, 0.29) is 12.5 Å². The molecular weight excluding hydrogens is 394 g/mol. The van der Waals surface area contributed by atoms with Crippen molar-refractivity contribution in [3.05, 3.63) is 69.0 Å². The minimum absolute atomic E-state index is 0.258. The molecule has 1 aromatic carbocycles. The number of hydrogen-bond acceptors (Lipinski definition) is 5. The van der Waals surface area contributed by atoms with Gasteiger partial charge >= 0.3 is 5.69 Å². The lowest BCUT2D eigenvalue weighted by molar-refractivity contribution is -0.121. The van der Waals surface area contributed by atoms with Crippen LogP contribution in [0.4, 0.5) is 0 Å². The summed E-state index contributed by atoms with van der Waals surface area (Å²) < 4.78 is 2.44. The second-order valence-corrected chi connectivity index (χ2v) is 7.97. The van der Waals surface area contributed by atoms with Crippen molar-refractivity contribution in [2.45, 2.75) is 32.9 Å². The van der Waals surface area contributed by atoms with Crippen molar-refractivity contribution in [1.29, 1.82) is 0 Å². The number of nitrogens with one attached hydrogen (secondary N) is 1. The molecule has 2 heterocycles.